The minimum Gasteiger partial charge on any atom is -0.467 e. The molecule has 0 aliphatic carbocycles. The molecule has 0 amide bonds. The van der Waals surface area contributed by atoms with Crippen LogP contribution in [0.3, 0.4) is 0 Å². The molecule has 2 aromatic heterocycles. The molecule has 0 radical (unpaired) electrons. The number of aromatic nitrogens is 1. The Kier molecular flexibility index (Phi) is 3.37. The molecule has 0 bridgehead atoms. The summed E-state index contributed by atoms with van der Waals surface area (Å²) in [5, 5.41) is 3.26. The summed E-state index contributed by atoms with van der Waals surface area (Å²) in [6.45, 7) is 2.06. The third kappa shape index (κ3) is 2.31. The van der Waals surface area contributed by atoms with Crippen LogP contribution < -0.4 is 5.32 Å². The molecule has 1 unspecified atom stereocenters. The lowest BCUT2D eigenvalue weighted by atomic mass is 10.1. The highest BCUT2D eigenvalue weighted by atomic mass is 16.3. The molecule has 0 fully saturated rings. The number of nitrogens with one attached hydrogen (secondary N) is 1. The van der Waals surface area contributed by atoms with Crippen molar-refractivity contribution in [1.82, 2.24) is 10.3 Å². The Morgan fingerprint density at radius 2 is 2.25 bits per heavy atom. The van der Waals surface area contributed by atoms with Crippen molar-refractivity contribution in [3.8, 4) is 0 Å². The number of hydrogen-bond acceptors (Lipinski definition) is 3. The van der Waals surface area contributed by atoms with Crippen molar-refractivity contribution >= 4 is 0 Å². The standard InChI is InChI=1S/C13H16N2O/c1-10-6-8-16-13(10)12(14-2)9-11-5-3-4-7-15-11/h3-8,12,14H,9H2,1-2H3. The van der Waals surface area contributed by atoms with Gasteiger partial charge in [-0.1, -0.05) is 6.07 Å². The van der Waals surface area contributed by atoms with E-state index >= 15 is 0 Å². The number of hydrogen-bond donors (Lipinski definition) is 1. The minimum absolute atomic E-state index is 0.185. The summed E-state index contributed by atoms with van der Waals surface area (Å²) in [6.07, 6.45) is 4.39. The van der Waals surface area contributed by atoms with Crippen LogP contribution in [-0.4, -0.2) is 12.0 Å². The van der Waals surface area contributed by atoms with Crippen molar-refractivity contribution < 1.29 is 4.42 Å². The van der Waals surface area contributed by atoms with Gasteiger partial charge in [-0.2, -0.15) is 0 Å². The van der Waals surface area contributed by atoms with Crippen LogP contribution in [-0.2, 0) is 6.42 Å². The number of nitrogens with zero attached hydrogens (tertiary/aromatic N) is 1. The highest BCUT2D eigenvalue weighted by molar-refractivity contribution is 5.20. The van der Waals surface area contributed by atoms with Gasteiger partial charge >= 0.3 is 0 Å². The van der Waals surface area contributed by atoms with Crippen molar-refractivity contribution in [3.63, 3.8) is 0 Å². The van der Waals surface area contributed by atoms with E-state index in [4.69, 9.17) is 4.42 Å². The van der Waals surface area contributed by atoms with Gasteiger partial charge in [0, 0.05) is 18.3 Å². The molecule has 2 heterocycles. The molecule has 1 N–H and O–H groups in total. The largest absolute Gasteiger partial charge is 0.467 e. The van der Waals surface area contributed by atoms with Gasteiger partial charge in [-0.3, -0.25) is 4.98 Å². The van der Waals surface area contributed by atoms with E-state index in [1.165, 1.54) is 5.56 Å². The molecule has 0 aliphatic rings. The van der Waals surface area contributed by atoms with Crippen LogP contribution in [0, 0.1) is 6.92 Å². The second-order valence-corrected chi connectivity index (χ2v) is 3.83. The predicted octanol–water partition coefficient (Wildman–Crippen LogP) is 2.49. The maximum Gasteiger partial charge on any atom is 0.123 e. The van der Waals surface area contributed by atoms with E-state index in [0.29, 0.717) is 0 Å². The summed E-state index contributed by atoms with van der Waals surface area (Å²) >= 11 is 0. The molecule has 1 atom stereocenters. The van der Waals surface area contributed by atoms with Gasteiger partial charge in [-0.05, 0) is 37.7 Å². The van der Waals surface area contributed by atoms with Gasteiger partial charge in [0.2, 0.25) is 0 Å². The fourth-order valence-electron chi connectivity index (χ4n) is 1.80. The Morgan fingerprint density at radius 1 is 1.38 bits per heavy atom. The monoisotopic (exact) mass is 216 g/mol. The van der Waals surface area contributed by atoms with Crippen molar-refractivity contribution in [3.05, 3.63) is 53.7 Å². The Hall–Kier alpha value is -1.61. The fraction of sp³-hybridized carbons (Fsp3) is 0.308. The smallest absolute Gasteiger partial charge is 0.123 e. The third-order valence-electron chi connectivity index (χ3n) is 2.71. The zero-order chi connectivity index (χ0) is 11.4. The SMILES string of the molecule is CNC(Cc1ccccn1)c1occc1C. The zero-order valence-electron chi connectivity index (χ0n) is 9.60. The van der Waals surface area contributed by atoms with Crippen molar-refractivity contribution in [1.29, 1.82) is 0 Å². The van der Waals surface area contributed by atoms with E-state index in [2.05, 4.69) is 17.2 Å². The molecule has 0 spiro atoms. The van der Waals surface area contributed by atoms with Crippen LogP contribution in [0.4, 0.5) is 0 Å². The second kappa shape index (κ2) is 4.94. The van der Waals surface area contributed by atoms with Crippen molar-refractivity contribution in [2.75, 3.05) is 7.05 Å². The zero-order valence-corrected chi connectivity index (χ0v) is 9.60. The molecule has 16 heavy (non-hydrogen) atoms. The summed E-state index contributed by atoms with van der Waals surface area (Å²) in [5.41, 5.74) is 2.24. The molecule has 2 rings (SSSR count). The molecule has 0 aromatic carbocycles. The highest BCUT2D eigenvalue weighted by Gasteiger charge is 2.15. The van der Waals surface area contributed by atoms with E-state index < -0.39 is 0 Å². The van der Waals surface area contributed by atoms with Crippen molar-refractivity contribution in [2.24, 2.45) is 0 Å². The average molecular weight is 216 g/mol. The fourth-order valence-corrected chi connectivity index (χ4v) is 1.80. The van der Waals surface area contributed by atoms with E-state index in [-0.39, 0.29) is 6.04 Å². The maximum atomic E-state index is 5.50. The van der Waals surface area contributed by atoms with E-state index in [9.17, 15) is 0 Å². The Labute approximate surface area is 95.5 Å². The second-order valence-electron chi connectivity index (χ2n) is 3.83. The highest BCUT2D eigenvalue weighted by Crippen LogP contribution is 2.21. The Balaban J connectivity index is 2.16. The molecule has 84 valence electrons. The van der Waals surface area contributed by atoms with Gasteiger partial charge < -0.3 is 9.73 Å². The van der Waals surface area contributed by atoms with Gasteiger partial charge in [-0.25, -0.2) is 0 Å². The molecule has 0 aliphatic heterocycles. The summed E-state index contributed by atoms with van der Waals surface area (Å²) in [6, 6.07) is 8.13. The van der Waals surface area contributed by atoms with Crippen molar-refractivity contribution in [2.45, 2.75) is 19.4 Å². The number of pyridine rings is 1. The van der Waals surface area contributed by atoms with Crippen LogP contribution >= 0.6 is 0 Å². The molecule has 0 saturated heterocycles. The lowest BCUT2D eigenvalue weighted by Crippen LogP contribution is -2.19. The average Bonchev–Trinajstić information content (AvgIpc) is 2.74. The first-order valence-electron chi connectivity index (χ1n) is 5.42. The normalized spacial score (nSPS) is 12.6. The van der Waals surface area contributed by atoms with Crippen LogP contribution in [0.25, 0.3) is 0 Å². The number of aryl methyl sites for hydroxylation is 1. The van der Waals surface area contributed by atoms with Gasteiger partial charge in [0.15, 0.2) is 0 Å². The number of rotatable bonds is 4. The van der Waals surface area contributed by atoms with E-state index in [1.54, 1.807) is 6.26 Å². The summed E-state index contributed by atoms with van der Waals surface area (Å²) < 4.78 is 5.50. The maximum absolute atomic E-state index is 5.50. The van der Waals surface area contributed by atoms with E-state index in [1.807, 2.05) is 37.5 Å². The van der Waals surface area contributed by atoms with Crippen LogP contribution in [0.1, 0.15) is 23.1 Å². The minimum atomic E-state index is 0.185. The lowest BCUT2D eigenvalue weighted by Gasteiger charge is -2.14. The molecule has 0 saturated carbocycles. The number of likely N-dealkylation sites (N-methyl/N-ethyl adjacent to an activating group) is 1. The third-order valence-corrected chi connectivity index (χ3v) is 2.71. The Morgan fingerprint density at radius 3 is 2.81 bits per heavy atom. The predicted molar refractivity (Wildman–Crippen MR) is 63.2 cm³/mol. The molecule has 3 nitrogen and oxygen atoms in total. The Bertz CT molecular complexity index is 436. The summed E-state index contributed by atoms with van der Waals surface area (Å²) in [4.78, 5) is 4.32. The van der Waals surface area contributed by atoms with E-state index in [0.717, 1.165) is 17.9 Å². The quantitative estimate of drug-likeness (QED) is 0.853. The van der Waals surface area contributed by atoms with Crippen LogP contribution in [0.15, 0.2) is 41.1 Å². The van der Waals surface area contributed by atoms with Gasteiger partial charge in [0.25, 0.3) is 0 Å². The molecular formula is C13H16N2O. The first-order chi connectivity index (χ1) is 7.81. The van der Waals surface area contributed by atoms with Gasteiger partial charge in [-0.15, -0.1) is 0 Å². The molecular weight excluding hydrogens is 200 g/mol. The molecule has 3 heteroatoms. The molecule has 2 aromatic rings. The van der Waals surface area contributed by atoms with Gasteiger partial charge in [0.1, 0.15) is 5.76 Å². The topological polar surface area (TPSA) is 38.1 Å². The summed E-state index contributed by atoms with van der Waals surface area (Å²) in [5.74, 6) is 0.994. The van der Waals surface area contributed by atoms with Crippen LogP contribution in [0.2, 0.25) is 0 Å². The summed E-state index contributed by atoms with van der Waals surface area (Å²) in [7, 11) is 1.94. The number of furan rings is 1. The first-order valence-corrected chi connectivity index (χ1v) is 5.42. The van der Waals surface area contributed by atoms with Gasteiger partial charge in [0.05, 0.1) is 12.3 Å². The lowest BCUT2D eigenvalue weighted by molar-refractivity contribution is 0.424. The first kappa shape index (κ1) is 10.9. The van der Waals surface area contributed by atoms with Crippen LogP contribution in [0.5, 0.6) is 0 Å².